The number of hydrogen-bond acceptors (Lipinski definition) is 4. The van der Waals surface area contributed by atoms with Gasteiger partial charge >= 0.3 is 10.2 Å². The molecule has 208 valence electrons. The van der Waals surface area contributed by atoms with Crippen LogP contribution >= 0.6 is 0 Å². The van der Waals surface area contributed by atoms with Gasteiger partial charge in [0.25, 0.3) is 0 Å². The number of halogens is 1. The van der Waals surface area contributed by atoms with Crippen LogP contribution in [0.4, 0.5) is 10.1 Å². The van der Waals surface area contributed by atoms with Crippen molar-refractivity contribution < 1.29 is 22.4 Å². The number of carbonyl (C=O) groups is 2. The van der Waals surface area contributed by atoms with E-state index in [4.69, 9.17) is 0 Å². The lowest BCUT2D eigenvalue weighted by atomic mass is 9.95. The van der Waals surface area contributed by atoms with Crippen LogP contribution in [0.2, 0.25) is 0 Å². The van der Waals surface area contributed by atoms with Gasteiger partial charge < -0.3 is 10.2 Å². The van der Waals surface area contributed by atoms with Gasteiger partial charge in [0, 0.05) is 26.7 Å². The Morgan fingerprint density at radius 2 is 1.66 bits per heavy atom. The first-order valence-electron chi connectivity index (χ1n) is 13.1. The highest BCUT2D eigenvalue weighted by atomic mass is 32.2. The molecule has 3 rings (SSSR count). The molecular weight excluding hydrogens is 507 g/mol. The minimum absolute atomic E-state index is 0.0599. The molecule has 0 saturated heterocycles. The molecule has 10 heteroatoms. The van der Waals surface area contributed by atoms with Crippen molar-refractivity contribution >= 4 is 27.7 Å². The van der Waals surface area contributed by atoms with Crippen molar-refractivity contribution in [2.24, 2.45) is 0 Å². The van der Waals surface area contributed by atoms with Gasteiger partial charge in [-0.2, -0.15) is 12.7 Å². The lowest BCUT2D eigenvalue weighted by Gasteiger charge is -2.35. The fourth-order valence-corrected chi connectivity index (χ4v) is 5.86. The minimum atomic E-state index is -4.22. The molecule has 0 aliphatic heterocycles. The molecule has 2 aromatic rings. The van der Waals surface area contributed by atoms with Crippen LogP contribution in [0.25, 0.3) is 0 Å². The van der Waals surface area contributed by atoms with E-state index in [2.05, 4.69) is 5.32 Å². The van der Waals surface area contributed by atoms with Crippen LogP contribution in [0.5, 0.6) is 0 Å². The summed E-state index contributed by atoms with van der Waals surface area (Å²) in [4.78, 5) is 28.8. The number of hydrogen-bond donors (Lipinski definition) is 1. The summed E-state index contributed by atoms with van der Waals surface area (Å²) in [5, 5.41) is 3.12. The molecule has 2 aromatic carbocycles. The molecule has 1 saturated carbocycles. The minimum Gasteiger partial charge on any atom is -0.352 e. The summed E-state index contributed by atoms with van der Waals surface area (Å²) in [7, 11) is -1.57. The van der Waals surface area contributed by atoms with E-state index in [1.807, 2.05) is 38.1 Å². The van der Waals surface area contributed by atoms with E-state index in [1.165, 1.54) is 37.2 Å². The van der Waals surface area contributed by atoms with Crippen LogP contribution in [0.1, 0.15) is 56.6 Å². The second-order valence-corrected chi connectivity index (χ2v) is 12.0. The maximum Gasteiger partial charge on any atom is 0.304 e. The molecule has 1 fully saturated rings. The maximum absolute atomic E-state index is 14.8. The molecule has 1 aliphatic carbocycles. The van der Waals surface area contributed by atoms with Crippen LogP contribution in [-0.2, 0) is 26.3 Å². The Kier molecular flexibility index (Phi) is 10.3. The Balaban J connectivity index is 1.98. The van der Waals surface area contributed by atoms with Gasteiger partial charge in [0.15, 0.2) is 0 Å². The second-order valence-electron chi connectivity index (χ2n) is 9.96. The van der Waals surface area contributed by atoms with Gasteiger partial charge in [0.1, 0.15) is 18.4 Å². The zero-order valence-corrected chi connectivity index (χ0v) is 23.5. The monoisotopic (exact) mass is 546 g/mol. The second kappa shape index (κ2) is 13.2. The summed E-state index contributed by atoms with van der Waals surface area (Å²) in [6.45, 7) is 3.22. The van der Waals surface area contributed by atoms with E-state index in [1.54, 1.807) is 0 Å². The quantitative estimate of drug-likeness (QED) is 0.461. The molecule has 1 N–H and O–H groups in total. The Labute approximate surface area is 226 Å². The molecular formula is C28H39FN4O4S. The van der Waals surface area contributed by atoms with Crippen molar-refractivity contribution in [3.63, 3.8) is 0 Å². The Bertz CT molecular complexity index is 1210. The van der Waals surface area contributed by atoms with Crippen molar-refractivity contribution in [1.82, 2.24) is 14.5 Å². The molecule has 2 amide bonds. The van der Waals surface area contributed by atoms with E-state index in [-0.39, 0.29) is 24.2 Å². The number of para-hydroxylation sites is 1. The van der Waals surface area contributed by atoms with Gasteiger partial charge in [-0.1, -0.05) is 62.6 Å². The van der Waals surface area contributed by atoms with E-state index in [0.717, 1.165) is 57.9 Å². The summed E-state index contributed by atoms with van der Waals surface area (Å²) >= 11 is 0. The third-order valence-electron chi connectivity index (χ3n) is 7.08. The summed E-state index contributed by atoms with van der Waals surface area (Å²) in [5.41, 5.74) is 1.56. The zero-order chi connectivity index (χ0) is 27.9. The lowest BCUT2D eigenvalue weighted by molar-refractivity contribution is -0.140. The van der Waals surface area contributed by atoms with Crippen LogP contribution in [-0.4, -0.2) is 62.2 Å². The topological polar surface area (TPSA) is 90.0 Å². The first-order chi connectivity index (χ1) is 18.1. The maximum atomic E-state index is 14.8. The fraction of sp³-hybridized carbons (Fsp3) is 0.500. The third-order valence-corrected chi connectivity index (χ3v) is 8.89. The highest BCUT2D eigenvalue weighted by Crippen LogP contribution is 2.25. The van der Waals surface area contributed by atoms with Crippen molar-refractivity contribution in [2.45, 2.75) is 71.0 Å². The predicted molar refractivity (Wildman–Crippen MR) is 147 cm³/mol. The molecule has 38 heavy (non-hydrogen) atoms. The number of aryl methyl sites for hydroxylation is 1. The molecule has 1 atom stereocenters. The zero-order valence-electron chi connectivity index (χ0n) is 22.7. The number of anilines is 1. The molecule has 0 aromatic heterocycles. The number of nitrogens with zero attached hydrogens (tertiary/aromatic N) is 3. The lowest BCUT2D eigenvalue weighted by Crippen LogP contribution is -2.54. The normalized spacial score (nSPS) is 15.2. The van der Waals surface area contributed by atoms with Crippen molar-refractivity contribution in [3.05, 3.63) is 65.5 Å². The molecule has 0 bridgehead atoms. The number of benzene rings is 2. The first-order valence-corrected chi connectivity index (χ1v) is 14.5. The van der Waals surface area contributed by atoms with Gasteiger partial charge in [0.05, 0.1) is 5.69 Å². The molecule has 8 nitrogen and oxygen atoms in total. The van der Waals surface area contributed by atoms with Crippen LogP contribution < -0.4 is 9.62 Å². The van der Waals surface area contributed by atoms with Gasteiger partial charge in [0.2, 0.25) is 11.8 Å². The largest absolute Gasteiger partial charge is 0.352 e. The first kappa shape index (κ1) is 29.6. The van der Waals surface area contributed by atoms with E-state index in [0.29, 0.717) is 6.42 Å². The van der Waals surface area contributed by atoms with E-state index >= 15 is 0 Å². The van der Waals surface area contributed by atoms with Gasteiger partial charge in [-0.25, -0.2) is 8.70 Å². The number of nitrogens with one attached hydrogen (secondary N) is 1. The average Bonchev–Trinajstić information content (AvgIpc) is 2.89. The Morgan fingerprint density at radius 3 is 2.26 bits per heavy atom. The molecule has 0 spiro atoms. The van der Waals surface area contributed by atoms with Crippen LogP contribution in [0.15, 0.2) is 48.5 Å². The van der Waals surface area contributed by atoms with Gasteiger partial charge in [-0.15, -0.1) is 0 Å². The molecule has 1 unspecified atom stereocenters. The number of rotatable bonds is 11. The number of amides is 2. The summed E-state index contributed by atoms with van der Waals surface area (Å²) < 4.78 is 42.9. The summed E-state index contributed by atoms with van der Waals surface area (Å²) in [6.07, 6.45) is 5.39. The molecule has 0 heterocycles. The molecule has 0 radical (unpaired) electrons. The number of carbonyl (C=O) groups excluding carboxylic acids is 2. The Hall–Kier alpha value is -2.98. The predicted octanol–water partition coefficient (Wildman–Crippen LogP) is 4.00. The smallest absolute Gasteiger partial charge is 0.304 e. The summed E-state index contributed by atoms with van der Waals surface area (Å²) in [6, 6.07) is 12.2. The van der Waals surface area contributed by atoms with E-state index in [9.17, 15) is 22.4 Å². The van der Waals surface area contributed by atoms with E-state index < -0.39 is 34.5 Å². The standard InChI is InChI=1S/C28H39FN4O4S/c1-5-25(28(35)30-23-15-7-6-8-16-23)32(19-22-14-10-9-13-21(22)2)27(34)20-33(38(36,37)31(3)4)26-18-12-11-17-24(26)29/h9-14,17-18,23,25H,5-8,15-16,19-20H2,1-4H3,(H,30,35). The van der Waals surface area contributed by atoms with Gasteiger partial charge in [-0.05, 0) is 49.4 Å². The van der Waals surface area contributed by atoms with Crippen molar-refractivity contribution in [3.8, 4) is 0 Å². The van der Waals surface area contributed by atoms with Crippen LogP contribution in [0, 0.1) is 12.7 Å². The average molecular weight is 547 g/mol. The van der Waals surface area contributed by atoms with Crippen molar-refractivity contribution in [2.75, 3.05) is 24.9 Å². The highest BCUT2D eigenvalue weighted by molar-refractivity contribution is 7.90. The van der Waals surface area contributed by atoms with Crippen molar-refractivity contribution in [1.29, 1.82) is 0 Å². The highest BCUT2D eigenvalue weighted by Gasteiger charge is 2.35. The molecule has 1 aliphatic rings. The summed E-state index contributed by atoms with van der Waals surface area (Å²) in [5.74, 6) is -1.61. The third kappa shape index (κ3) is 7.11. The fourth-order valence-electron chi connectivity index (χ4n) is 4.79. The van der Waals surface area contributed by atoms with Crippen LogP contribution in [0.3, 0.4) is 0 Å². The SMILES string of the molecule is CCC(C(=O)NC1CCCCC1)N(Cc1ccccc1C)C(=O)CN(c1ccccc1F)S(=O)(=O)N(C)C. The Morgan fingerprint density at radius 1 is 1.03 bits per heavy atom. The van der Waals surface area contributed by atoms with Gasteiger partial charge in [-0.3, -0.25) is 9.59 Å².